The number of aliphatic hydroxyl groups excluding tert-OH is 1. The van der Waals surface area contributed by atoms with E-state index in [0.29, 0.717) is 25.7 Å². The Labute approximate surface area is 581 Å². The molecule has 3 N–H and O–H groups in total. The minimum Gasteiger partial charge on any atom is -0.462 e. The molecule has 5 atom stereocenters. The quantitative estimate of drug-likeness (QED) is 0.0222. The zero-order valence-electron chi connectivity index (χ0n) is 61.6. The van der Waals surface area contributed by atoms with Crippen LogP contribution in [0.25, 0.3) is 0 Å². The van der Waals surface area contributed by atoms with Crippen molar-refractivity contribution in [2.75, 3.05) is 39.6 Å². The Hall–Kier alpha value is -1.94. The molecule has 17 nitrogen and oxygen atoms in total. The Kier molecular flexibility index (Phi) is 69.1. The van der Waals surface area contributed by atoms with Crippen LogP contribution in [-0.2, 0) is 65.4 Å². The summed E-state index contributed by atoms with van der Waals surface area (Å²) in [4.78, 5) is 72.8. The normalized spacial score (nSPS) is 13.9. The van der Waals surface area contributed by atoms with Gasteiger partial charge in [-0.1, -0.05) is 355 Å². The molecule has 0 aliphatic rings. The van der Waals surface area contributed by atoms with Gasteiger partial charge in [0.05, 0.1) is 26.4 Å². The first-order chi connectivity index (χ1) is 46.2. The largest absolute Gasteiger partial charge is 0.472 e. The highest BCUT2D eigenvalue weighted by Gasteiger charge is 2.30. The minimum atomic E-state index is -4.95. The third-order valence-electron chi connectivity index (χ3n) is 17.9. The first-order valence-corrected chi connectivity index (χ1v) is 42.8. The summed E-state index contributed by atoms with van der Waals surface area (Å²) in [5.74, 6) is -2.11. The Balaban J connectivity index is 5.25. The Bertz CT molecular complexity index is 1810. The Morgan fingerprint density at radius 3 is 0.621 bits per heavy atom. The fourth-order valence-electron chi connectivity index (χ4n) is 11.8. The molecule has 564 valence electrons. The maximum Gasteiger partial charge on any atom is 0.472 e. The molecule has 0 aliphatic heterocycles. The lowest BCUT2D eigenvalue weighted by molar-refractivity contribution is -0.161. The summed E-state index contributed by atoms with van der Waals surface area (Å²) in [6.07, 6.45) is 60.8. The van der Waals surface area contributed by atoms with Crippen LogP contribution < -0.4 is 0 Å². The number of phosphoric acid groups is 2. The molecule has 95 heavy (non-hydrogen) atoms. The molecule has 0 aromatic heterocycles. The lowest BCUT2D eigenvalue weighted by Crippen LogP contribution is -2.30. The average Bonchev–Trinajstić information content (AvgIpc) is 1.75. The Morgan fingerprint density at radius 2 is 0.421 bits per heavy atom. The molecular formula is C76H148O17P2. The fraction of sp³-hybridized carbons (Fsp3) is 0.947. The van der Waals surface area contributed by atoms with Gasteiger partial charge in [-0.3, -0.25) is 37.3 Å². The van der Waals surface area contributed by atoms with Crippen LogP contribution in [0.15, 0.2) is 0 Å². The minimum absolute atomic E-state index is 0.108. The molecule has 0 amide bonds. The van der Waals surface area contributed by atoms with Crippen LogP contribution in [0.3, 0.4) is 0 Å². The van der Waals surface area contributed by atoms with Crippen molar-refractivity contribution in [2.24, 2.45) is 0 Å². The Morgan fingerprint density at radius 1 is 0.253 bits per heavy atom. The highest BCUT2D eigenvalue weighted by atomic mass is 31.2. The molecular weight excluding hydrogens is 1250 g/mol. The first kappa shape index (κ1) is 93.1. The first-order valence-electron chi connectivity index (χ1n) is 39.8. The van der Waals surface area contributed by atoms with E-state index in [1.807, 2.05) is 0 Å². The SMILES string of the molecule is CCCCCCCCCCCCCCCCCC(=O)OC[C@H](COP(=O)(O)OC[C@@H](O)COP(=O)(O)OC[C@@H](COC(=O)CCCCCCCCCCCCCCC)OC(=O)CCCCCCCCCCCCCCCCC)OC(=O)CCCCCCCCCCCCCC. The maximum atomic E-state index is 13.1. The predicted molar refractivity (Wildman–Crippen MR) is 386 cm³/mol. The van der Waals surface area contributed by atoms with Crippen LogP contribution in [-0.4, -0.2) is 96.7 Å². The summed E-state index contributed by atoms with van der Waals surface area (Å²) in [6.45, 7) is 5.00. The van der Waals surface area contributed by atoms with Crippen LogP contribution in [0, 0.1) is 0 Å². The second-order valence-corrected chi connectivity index (χ2v) is 30.3. The topological polar surface area (TPSA) is 237 Å². The monoisotopic (exact) mass is 1400 g/mol. The van der Waals surface area contributed by atoms with Crippen molar-refractivity contribution >= 4 is 39.5 Å². The van der Waals surface area contributed by atoms with E-state index in [1.165, 1.54) is 238 Å². The zero-order valence-corrected chi connectivity index (χ0v) is 63.4. The van der Waals surface area contributed by atoms with Gasteiger partial charge in [0.2, 0.25) is 0 Å². The molecule has 19 heteroatoms. The molecule has 0 aromatic carbocycles. The van der Waals surface area contributed by atoms with Crippen molar-refractivity contribution in [1.82, 2.24) is 0 Å². The maximum absolute atomic E-state index is 13.1. The van der Waals surface area contributed by atoms with E-state index in [0.717, 1.165) is 89.9 Å². The van der Waals surface area contributed by atoms with Crippen LogP contribution in [0.5, 0.6) is 0 Å². The molecule has 0 bridgehead atoms. The van der Waals surface area contributed by atoms with Gasteiger partial charge < -0.3 is 33.8 Å². The van der Waals surface area contributed by atoms with Gasteiger partial charge in [-0.15, -0.1) is 0 Å². The second kappa shape index (κ2) is 70.5. The van der Waals surface area contributed by atoms with Gasteiger partial charge in [-0.25, -0.2) is 9.13 Å². The number of carbonyl (C=O) groups is 4. The smallest absolute Gasteiger partial charge is 0.462 e. The van der Waals surface area contributed by atoms with E-state index >= 15 is 0 Å². The van der Waals surface area contributed by atoms with Gasteiger partial charge in [0, 0.05) is 25.7 Å². The molecule has 0 saturated carbocycles. The lowest BCUT2D eigenvalue weighted by Gasteiger charge is -2.21. The summed E-state index contributed by atoms with van der Waals surface area (Å²) >= 11 is 0. The number of unbranched alkanes of at least 4 members (excludes halogenated alkanes) is 51. The summed E-state index contributed by atoms with van der Waals surface area (Å²) in [7, 11) is -9.91. The number of rotatable bonds is 77. The number of esters is 4. The third kappa shape index (κ3) is 70.3. The molecule has 2 unspecified atom stereocenters. The lowest BCUT2D eigenvalue weighted by atomic mass is 10.0. The van der Waals surface area contributed by atoms with Crippen molar-refractivity contribution in [1.29, 1.82) is 0 Å². The van der Waals surface area contributed by atoms with Crippen LogP contribution >= 0.6 is 15.6 Å². The van der Waals surface area contributed by atoms with Gasteiger partial charge in [-0.05, 0) is 25.7 Å². The number of phosphoric ester groups is 2. The third-order valence-corrected chi connectivity index (χ3v) is 19.8. The molecule has 0 spiro atoms. The van der Waals surface area contributed by atoms with Crippen molar-refractivity contribution < 1.29 is 80.2 Å². The fourth-order valence-corrected chi connectivity index (χ4v) is 13.3. The van der Waals surface area contributed by atoms with E-state index in [4.69, 9.17) is 37.0 Å². The van der Waals surface area contributed by atoms with Crippen molar-refractivity contribution in [3.05, 3.63) is 0 Å². The summed E-state index contributed by atoms with van der Waals surface area (Å²) in [5, 5.41) is 10.6. The van der Waals surface area contributed by atoms with Gasteiger partial charge in [0.1, 0.15) is 19.3 Å². The standard InChI is InChI=1S/C76H148O17P2/c1-5-9-13-17-21-25-29-33-35-38-42-45-49-53-57-61-74(79)87-66-71(92-75(80)62-58-54-50-46-40-32-28-24-20-16-12-8-4)68-90-94(82,83)88-64-70(77)65-89-95(84,85)91-69-72(67-86-73(78)60-56-52-48-44-41-37-31-27-23-19-15-11-7-3)93-76(81)63-59-55-51-47-43-39-36-34-30-26-22-18-14-10-6-2/h70-72,77H,5-69H2,1-4H3,(H,82,83)(H,84,85)/t70-,71-,72-/m1/s1. The average molecular weight is 1400 g/mol. The molecule has 0 fully saturated rings. The van der Waals surface area contributed by atoms with Crippen molar-refractivity contribution in [3.8, 4) is 0 Å². The summed E-state index contributed by atoms with van der Waals surface area (Å²) in [5.41, 5.74) is 0. The number of hydrogen-bond acceptors (Lipinski definition) is 15. The van der Waals surface area contributed by atoms with Crippen LogP contribution in [0.1, 0.15) is 407 Å². The van der Waals surface area contributed by atoms with Gasteiger partial charge in [0.15, 0.2) is 12.2 Å². The van der Waals surface area contributed by atoms with Gasteiger partial charge in [0.25, 0.3) is 0 Å². The predicted octanol–water partition coefficient (Wildman–Crippen LogP) is 22.6. The van der Waals surface area contributed by atoms with Gasteiger partial charge >= 0.3 is 39.5 Å². The van der Waals surface area contributed by atoms with E-state index in [9.17, 15) is 43.2 Å². The molecule has 0 radical (unpaired) electrons. The molecule has 0 rings (SSSR count). The van der Waals surface area contributed by atoms with E-state index in [-0.39, 0.29) is 25.7 Å². The highest BCUT2D eigenvalue weighted by Crippen LogP contribution is 2.45. The molecule has 0 saturated heterocycles. The van der Waals surface area contributed by atoms with E-state index in [1.54, 1.807) is 0 Å². The molecule has 0 aliphatic carbocycles. The second-order valence-electron chi connectivity index (χ2n) is 27.4. The van der Waals surface area contributed by atoms with Crippen molar-refractivity contribution in [2.45, 2.75) is 425 Å². The van der Waals surface area contributed by atoms with E-state index < -0.39 is 97.5 Å². The van der Waals surface area contributed by atoms with Gasteiger partial charge in [-0.2, -0.15) is 0 Å². The van der Waals surface area contributed by atoms with Crippen LogP contribution in [0.4, 0.5) is 0 Å². The highest BCUT2D eigenvalue weighted by molar-refractivity contribution is 7.47. The number of ether oxygens (including phenoxy) is 4. The summed E-state index contributed by atoms with van der Waals surface area (Å²) in [6, 6.07) is 0. The van der Waals surface area contributed by atoms with Crippen molar-refractivity contribution in [3.63, 3.8) is 0 Å². The number of hydrogen-bond donors (Lipinski definition) is 3. The number of carbonyl (C=O) groups excluding carboxylic acids is 4. The zero-order chi connectivity index (χ0) is 69.7. The summed E-state index contributed by atoms with van der Waals surface area (Å²) < 4.78 is 68.6. The molecule has 0 aromatic rings. The van der Waals surface area contributed by atoms with E-state index in [2.05, 4.69) is 27.7 Å². The molecule has 0 heterocycles. The number of aliphatic hydroxyl groups is 1. The van der Waals surface area contributed by atoms with Crippen LogP contribution in [0.2, 0.25) is 0 Å².